The Balaban J connectivity index is 1.36. The van der Waals surface area contributed by atoms with Crippen molar-refractivity contribution in [2.75, 3.05) is 7.11 Å². The Morgan fingerprint density at radius 2 is 1.90 bits per heavy atom. The van der Waals surface area contributed by atoms with E-state index in [1.54, 1.807) is 36.3 Å². The number of thioether (sulfide) groups is 1. The summed E-state index contributed by atoms with van der Waals surface area (Å²) < 4.78 is 12.9. The zero-order valence-electron chi connectivity index (χ0n) is 16.4. The number of benzene rings is 2. The third-order valence-corrected chi connectivity index (χ3v) is 6.66. The highest BCUT2D eigenvalue weighted by Gasteiger charge is 2.12. The van der Waals surface area contributed by atoms with Crippen LogP contribution in [0.3, 0.4) is 0 Å². The van der Waals surface area contributed by atoms with Crippen molar-refractivity contribution in [1.29, 1.82) is 0 Å². The molecule has 0 aliphatic carbocycles. The second kappa shape index (κ2) is 9.51. The van der Waals surface area contributed by atoms with Crippen LogP contribution >= 0.6 is 34.7 Å². The lowest BCUT2D eigenvalue weighted by molar-refractivity contribution is 0.290. The first-order valence-electron chi connectivity index (χ1n) is 9.11. The van der Waals surface area contributed by atoms with Gasteiger partial charge in [-0.2, -0.15) is 0 Å². The minimum absolute atomic E-state index is 0.298. The number of thiazole rings is 1. The molecule has 6 nitrogen and oxygen atoms in total. The van der Waals surface area contributed by atoms with E-state index < -0.39 is 0 Å². The molecular formula is C21H19ClN4O2S2. The lowest BCUT2D eigenvalue weighted by Crippen LogP contribution is -2.04. The fraction of sp³-hybridized carbons (Fsp3) is 0.190. The summed E-state index contributed by atoms with van der Waals surface area (Å²) in [5, 5.41) is 13.0. The molecule has 0 radical (unpaired) electrons. The van der Waals surface area contributed by atoms with Crippen LogP contribution in [0.4, 0.5) is 0 Å². The Kier molecular flexibility index (Phi) is 6.56. The van der Waals surface area contributed by atoms with Crippen LogP contribution in [0.5, 0.6) is 11.5 Å². The SMILES string of the molecule is COc1ccc(-c2nc(CSc3nnc(COc4ccccc4Cl)n3C)cs2)cc1. The van der Waals surface area contributed by atoms with Crippen molar-refractivity contribution in [3.8, 4) is 22.1 Å². The maximum absolute atomic E-state index is 6.13. The van der Waals surface area contributed by atoms with Crippen LogP contribution in [0.25, 0.3) is 10.6 Å². The van der Waals surface area contributed by atoms with Crippen molar-refractivity contribution in [2.45, 2.75) is 17.5 Å². The maximum atomic E-state index is 6.13. The average molecular weight is 459 g/mol. The minimum atomic E-state index is 0.298. The molecule has 0 aliphatic rings. The standard InChI is InChI=1S/C21H19ClN4O2S2/c1-26-19(11-28-18-6-4-3-5-17(18)22)24-25-21(26)30-13-15-12-29-20(23-15)14-7-9-16(27-2)10-8-14/h3-10,12H,11,13H2,1-2H3. The van der Waals surface area contributed by atoms with E-state index >= 15 is 0 Å². The van der Waals surface area contributed by atoms with Crippen LogP contribution in [-0.4, -0.2) is 26.9 Å². The van der Waals surface area contributed by atoms with E-state index in [1.165, 1.54) is 0 Å². The number of aromatic nitrogens is 4. The summed E-state index contributed by atoms with van der Waals surface area (Å²) in [6.45, 7) is 0.298. The summed E-state index contributed by atoms with van der Waals surface area (Å²) in [6.07, 6.45) is 0. The number of ether oxygens (including phenoxy) is 2. The highest BCUT2D eigenvalue weighted by Crippen LogP contribution is 2.29. The number of methoxy groups -OCH3 is 1. The fourth-order valence-electron chi connectivity index (χ4n) is 2.68. The summed E-state index contributed by atoms with van der Waals surface area (Å²) in [5.41, 5.74) is 2.09. The van der Waals surface area contributed by atoms with Gasteiger partial charge in [-0.3, -0.25) is 0 Å². The first kappa shape index (κ1) is 20.7. The molecular weight excluding hydrogens is 440 g/mol. The number of para-hydroxylation sites is 1. The molecule has 2 heterocycles. The highest BCUT2D eigenvalue weighted by molar-refractivity contribution is 7.98. The van der Waals surface area contributed by atoms with Crippen LogP contribution in [-0.2, 0) is 19.4 Å². The molecule has 0 saturated carbocycles. The van der Waals surface area contributed by atoms with Gasteiger partial charge < -0.3 is 14.0 Å². The van der Waals surface area contributed by atoms with Gasteiger partial charge in [0.1, 0.15) is 23.1 Å². The maximum Gasteiger partial charge on any atom is 0.191 e. The molecule has 30 heavy (non-hydrogen) atoms. The van der Waals surface area contributed by atoms with E-state index in [4.69, 9.17) is 26.1 Å². The first-order chi connectivity index (χ1) is 14.6. The van der Waals surface area contributed by atoms with Gasteiger partial charge in [0.2, 0.25) is 0 Å². The smallest absolute Gasteiger partial charge is 0.191 e. The molecule has 4 aromatic rings. The molecule has 0 aliphatic heterocycles. The van der Waals surface area contributed by atoms with Crippen LogP contribution in [0.2, 0.25) is 5.02 Å². The van der Waals surface area contributed by atoms with Gasteiger partial charge in [-0.05, 0) is 36.4 Å². The van der Waals surface area contributed by atoms with Gasteiger partial charge in [-0.25, -0.2) is 4.98 Å². The molecule has 0 N–H and O–H groups in total. The Morgan fingerprint density at radius 3 is 2.67 bits per heavy atom. The summed E-state index contributed by atoms with van der Waals surface area (Å²) in [7, 11) is 3.59. The van der Waals surface area contributed by atoms with Crippen molar-refractivity contribution in [1.82, 2.24) is 19.7 Å². The van der Waals surface area contributed by atoms with E-state index in [0.29, 0.717) is 23.1 Å². The Morgan fingerprint density at radius 1 is 1.10 bits per heavy atom. The summed E-state index contributed by atoms with van der Waals surface area (Å²) in [5.74, 6) is 2.91. The summed E-state index contributed by atoms with van der Waals surface area (Å²) >= 11 is 9.35. The van der Waals surface area contributed by atoms with Gasteiger partial charge in [-0.1, -0.05) is 35.5 Å². The Hall–Kier alpha value is -2.55. The van der Waals surface area contributed by atoms with Crippen molar-refractivity contribution in [2.24, 2.45) is 7.05 Å². The van der Waals surface area contributed by atoms with E-state index in [0.717, 1.165) is 33.0 Å². The van der Waals surface area contributed by atoms with E-state index in [9.17, 15) is 0 Å². The predicted molar refractivity (Wildman–Crippen MR) is 120 cm³/mol. The molecule has 0 unspecified atom stereocenters. The molecule has 0 saturated heterocycles. The van der Waals surface area contributed by atoms with E-state index in [1.807, 2.05) is 54.1 Å². The van der Waals surface area contributed by atoms with Crippen LogP contribution in [0, 0.1) is 0 Å². The van der Waals surface area contributed by atoms with Crippen LogP contribution in [0.1, 0.15) is 11.5 Å². The molecule has 2 aromatic heterocycles. The van der Waals surface area contributed by atoms with Gasteiger partial charge >= 0.3 is 0 Å². The lowest BCUT2D eigenvalue weighted by Gasteiger charge is -2.07. The molecule has 0 spiro atoms. The van der Waals surface area contributed by atoms with Crippen LogP contribution < -0.4 is 9.47 Å². The average Bonchev–Trinajstić information content (AvgIpc) is 3.38. The predicted octanol–water partition coefficient (Wildman–Crippen LogP) is 5.47. The summed E-state index contributed by atoms with van der Waals surface area (Å²) in [6, 6.07) is 15.3. The second-order valence-corrected chi connectivity index (χ2v) is 8.55. The quantitative estimate of drug-likeness (QED) is 0.326. The molecule has 9 heteroatoms. The second-order valence-electron chi connectivity index (χ2n) is 6.34. The zero-order valence-corrected chi connectivity index (χ0v) is 18.8. The number of nitrogens with zero attached hydrogens (tertiary/aromatic N) is 4. The van der Waals surface area contributed by atoms with Gasteiger partial charge in [0.15, 0.2) is 11.0 Å². The molecule has 154 valence electrons. The third-order valence-electron chi connectivity index (χ3n) is 4.36. The van der Waals surface area contributed by atoms with E-state index in [2.05, 4.69) is 15.6 Å². The van der Waals surface area contributed by atoms with Crippen molar-refractivity contribution >= 4 is 34.7 Å². The van der Waals surface area contributed by atoms with Gasteiger partial charge in [0.25, 0.3) is 0 Å². The van der Waals surface area contributed by atoms with Crippen molar-refractivity contribution < 1.29 is 9.47 Å². The molecule has 0 bridgehead atoms. The third kappa shape index (κ3) is 4.77. The summed E-state index contributed by atoms with van der Waals surface area (Å²) in [4.78, 5) is 4.73. The van der Waals surface area contributed by atoms with Crippen molar-refractivity contribution in [3.05, 3.63) is 70.5 Å². The highest BCUT2D eigenvalue weighted by atomic mass is 35.5. The largest absolute Gasteiger partial charge is 0.497 e. The van der Waals surface area contributed by atoms with Gasteiger partial charge in [0.05, 0.1) is 17.8 Å². The molecule has 0 fully saturated rings. The monoisotopic (exact) mass is 458 g/mol. The zero-order chi connectivity index (χ0) is 20.9. The Labute approximate surface area is 187 Å². The number of halogens is 1. The van der Waals surface area contributed by atoms with Crippen LogP contribution in [0.15, 0.2) is 59.1 Å². The molecule has 0 amide bonds. The van der Waals surface area contributed by atoms with E-state index in [-0.39, 0.29) is 0 Å². The topological polar surface area (TPSA) is 62.1 Å². The Bertz CT molecular complexity index is 1130. The fourth-order valence-corrected chi connectivity index (χ4v) is 4.62. The minimum Gasteiger partial charge on any atom is -0.497 e. The number of hydrogen-bond donors (Lipinski definition) is 0. The van der Waals surface area contributed by atoms with Crippen molar-refractivity contribution in [3.63, 3.8) is 0 Å². The molecule has 2 aromatic carbocycles. The van der Waals surface area contributed by atoms with Gasteiger partial charge in [0, 0.05) is 23.7 Å². The number of hydrogen-bond acceptors (Lipinski definition) is 7. The lowest BCUT2D eigenvalue weighted by atomic mass is 10.2. The van der Waals surface area contributed by atoms with Gasteiger partial charge in [-0.15, -0.1) is 21.5 Å². The first-order valence-corrected chi connectivity index (χ1v) is 11.4. The molecule has 0 atom stereocenters. The normalized spacial score (nSPS) is 10.9. The molecule has 4 rings (SSSR count). The number of rotatable bonds is 8.